The van der Waals surface area contributed by atoms with Gasteiger partial charge in [0.05, 0.1) is 25.7 Å². The zero-order valence-corrected chi connectivity index (χ0v) is 12.6. The number of esters is 1. The van der Waals surface area contributed by atoms with Crippen molar-refractivity contribution < 1.29 is 14.5 Å². The molecule has 0 aliphatic heterocycles. The summed E-state index contributed by atoms with van der Waals surface area (Å²) >= 11 is 1.79. The number of hydrogen-bond donors (Lipinski definition) is 0. The van der Waals surface area contributed by atoms with E-state index in [1.54, 1.807) is 52.9 Å². The summed E-state index contributed by atoms with van der Waals surface area (Å²) in [5, 5.41) is 19.9. The molecule has 0 saturated carbocycles. The normalized spacial score (nSPS) is 9.71. The maximum Gasteiger partial charge on any atom is 0.343 e. The Kier molecular flexibility index (Phi) is 4.49. The second-order valence-electron chi connectivity index (χ2n) is 3.93. The van der Waals surface area contributed by atoms with Gasteiger partial charge in [-0.2, -0.15) is 5.26 Å². The molecular weight excluding hydrogens is 387 g/mol. The highest BCUT2D eigenvalue weighted by Gasteiger charge is 2.23. The second-order valence-corrected chi connectivity index (χ2v) is 5.09. The van der Waals surface area contributed by atoms with Crippen molar-refractivity contribution >= 4 is 34.2 Å². The number of nitro benzene ring substituents is 1. The van der Waals surface area contributed by atoms with Gasteiger partial charge in [-0.05, 0) is 40.8 Å². The number of rotatable bonds is 3. The van der Waals surface area contributed by atoms with Crippen LogP contribution in [-0.2, 0) is 0 Å². The Morgan fingerprint density at radius 2 is 1.95 bits per heavy atom. The molecule has 2 rings (SSSR count). The molecule has 0 aliphatic carbocycles. The van der Waals surface area contributed by atoms with Crippen LogP contribution in [-0.4, -0.2) is 10.9 Å². The Morgan fingerprint density at radius 1 is 1.29 bits per heavy atom. The van der Waals surface area contributed by atoms with E-state index in [4.69, 9.17) is 10.00 Å². The van der Waals surface area contributed by atoms with Crippen LogP contribution in [0.1, 0.15) is 15.9 Å². The predicted molar refractivity (Wildman–Crippen MR) is 81.9 cm³/mol. The average molecular weight is 394 g/mol. The van der Waals surface area contributed by atoms with Crippen molar-refractivity contribution in [3.05, 3.63) is 67.3 Å². The molecule has 7 heteroatoms. The van der Waals surface area contributed by atoms with Gasteiger partial charge >= 0.3 is 11.7 Å². The summed E-state index contributed by atoms with van der Waals surface area (Å²) in [5.41, 5.74) is 0.000277. The van der Waals surface area contributed by atoms with Crippen molar-refractivity contribution in [1.29, 1.82) is 5.26 Å². The van der Waals surface area contributed by atoms with E-state index in [1.807, 2.05) is 6.07 Å². The average Bonchev–Trinajstić information content (AvgIpc) is 2.49. The smallest absolute Gasteiger partial charge is 0.343 e. The quantitative estimate of drug-likeness (QED) is 0.262. The molecule has 0 bridgehead atoms. The van der Waals surface area contributed by atoms with E-state index < -0.39 is 16.6 Å². The Morgan fingerprint density at radius 3 is 2.52 bits per heavy atom. The van der Waals surface area contributed by atoms with Gasteiger partial charge in [-0.1, -0.05) is 18.2 Å². The number of carbonyl (C=O) groups is 1. The number of nitrogens with zero attached hydrogens (tertiary/aromatic N) is 2. The number of nitro groups is 1. The highest BCUT2D eigenvalue weighted by atomic mass is 127. The molecule has 104 valence electrons. The zero-order chi connectivity index (χ0) is 15.4. The van der Waals surface area contributed by atoms with Crippen molar-refractivity contribution in [1.82, 2.24) is 0 Å². The first-order valence-electron chi connectivity index (χ1n) is 5.68. The van der Waals surface area contributed by atoms with Gasteiger partial charge in [0, 0.05) is 6.07 Å². The molecule has 21 heavy (non-hydrogen) atoms. The molecule has 0 unspecified atom stereocenters. The topological polar surface area (TPSA) is 93.2 Å². The molecule has 0 saturated heterocycles. The molecular formula is C14H7IN2O4. The molecule has 2 aromatic rings. The van der Waals surface area contributed by atoms with Crippen molar-refractivity contribution in [3.8, 4) is 11.8 Å². The largest absolute Gasteiger partial charge is 0.414 e. The van der Waals surface area contributed by atoms with Crippen molar-refractivity contribution in [2.45, 2.75) is 0 Å². The summed E-state index contributed by atoms with van der Waals surface area (Å²) in [4.78, 5) is 22.4. The minimum atomic E-state index is -0.693. The van der Waals surface area contributed by atoms with Crippen molar-refractivity contribution in [2.75, 3.05) is 0 Å². The van der Waals surface area contributed by atoms with Crippen LogP contribution in [0.15, 0.2) is 42.5 Å². The lowest BCUT2D eigenvalue weighted by molar-refractivity contribution is -0.385. The molecule has 0 radical (unpaired) electrons. The van der Waals surface area contributed by atoms with E-state index in [0.717, 1.165) is 6.07 Å². The van der Waals surface area contributed by atoms with E-state index in [1.165, 1.54) is 6.07 Å². The monoisotopic (exact) mass is 394 g/mol. The second kappa shape index (κ2) is 6.32. The SMILES string of the molecule is N#Cc1cc(I)c(OC(=O)c2ccccc2)c([N+](=O)[O-])c1. The highest BCUT2D eigenvalue weighted by Crippen LogP contribution is 2.34. The first-order chi connectivity index (χ1) is 10.0. The zero-order valence-electron chi connectivity index (χ0n) is 10.4. The third-order valence-electron chi connectivity index (χ3n) is 2.55. The van der Waals surface area contributed by atoms with E-state index in [-0.39, 0.29) is 16.9 Å². The summed E-state index contributed by atoms with van der Waals surface area (Å²) < 4.78 is 5.45. The Hall–Kier alpha value is -2.47. The number of ether oxygens (including phenoxy) is 1. The van der Waals surface area contributed by atoms with Crippen molar-refractivity contribution in [2.24, 2.45) is 0 Å². The Labute approximate surface area is 133 Å². The number of carbonyl (C=O) groups excluding carboxylic acids is 1. The fourth-order valence-corrected chi connectivity index (χ4v) is 2.33. The standard InChI is InChI=1S/C14H7IN2O4/c15-11-6-9(8-16)7-12(17(19)20)13(11)21-14(18)10-4-2-1-3-5-10/h1-7H. The molecule has 2 aromatic carbocycles. The van der Waals surface area contributed by atoms with Crippen LogP contribution < -0.4 is 4.74 Å². The minimum absolute atomic E-state index is 0.130. The molecule has 0 fully saturated rings. The summed E-state index contributed by atoms with van der Waals surface area (Å²) in [6.45, 7) is 0. The maximum atomic E-state index is 12.0. The van der Waals surface area contributed by atoms with Crippen LogP contribution in [0.3, 0.4) is 0 Å². The molecule has 0 heterocycles. The first kappa shape index (κ1) is 14.9. The van der Waals surface area contributed by atoms with Gasteiger partial charge in [0.15, 0.2) is 0 Å². The van der Waals surface area contributed by atoms with Crippen LogP contribution in [0, 0.1) is 25.0 Å². The highest BCUT2D eigenvalue weighted by molar-refractivity contribution is 14.1. The van der Waals surface area contributed by atoms with E-state index in [2.05, 4.69) is 0 Å². The van der Waals surface area contributed by atoms with Gasteiger partial charge in [-0.15, -0.1) is 0 Å². The van der Waals surface area contributed by atoms with Gasteiger partial charge in [-0.25, -0.2) is 4.79 Å². The molecule has 0 aliphatic rings. The Balaban J connectivity index is 2.43. The number of benzene rings is 2. The van der Waals surface area contributed by atoms with Crippen LogP contribution in [0.4, 0.5) is 5.69 Å². The predicted octanol–water partition coefficient (Wildman–Crippen LogP) is 3.29. The summed E-state index contributed by atoms with van der Waals surface area (Å²) in [5.74, 6) is -0.852. The molecule has 0 amide bonds. The first-order valence-corrected chi connectivity index (χ1v) is 6.76. The molecule has 0 aromatic heterocycles. The van der Waals surface area contributed by atoms with Gasteiger partial charge in [0.2, 0.25) is 5.75 Å². The number of halogens is 1. The summed E-state index contributed by atoms with van der Waals surface area (Å²) in [6.07, 6.45) is 0. The third-order valence-corrected chi connectivity index (χ3v) is 3.36. The lowest BCUT2D eigenvalue weighted by Gasteiger charge is -2.07. The Bertz CT molecular complexity index is 754. The lowest BCUT2D eigenvalue weighted by atomic mass is 10.2. The van der Waals surface area contributed by atoms with Crippen LogP contribution in [0.25, 0.3) is 0 Å². The van der Waals surface area contributed by atoms with Gasteiger partial charge < -0.3 is 4.74 Å². The summed E-state index contributed by atoms with van der Waals surface area (Å²) in [7, 11) is 0. The van der Waals surface area contributed by atoms with Gasteiger partial charge in [-0.3, -0.25) is 10.1 Å². The van der Waals surface area contributed by atoms with Crippen LogP contribution >= 0.6 is 22.6 Å². The van der Waals surface area contributed by atoms with E-state index >= 15 is 0 Å². The van der Waals surface area contributed by atoms with Crippen LogP contribution in [0.2, 0.25) is 0 Å². The number of hydrogen-bond acceptors (Lipinski definition) is 5. The van der Waals surface area contributed by atoms with Gasteiger partial charge in [0.25, 0.3) is 0 Å². The van der Waals surface area contributed by atoms with Crippen molar-refractivity contribution in [3.63, 3.8) is 0 Å². The maximum absolute atomic E-state index is 12.0. The third kappa shape index (κ3) is 3.35. The van der Waals surface area contributed by atoms with Gasteiger partial charge in [0.1, 0.15) is 0 Å². The minimum Gasteiger partial charge on any atom is -0.414 e. The van der Waals surface area contributed by atoms with E-state index in [9.17, 15) is 14.9 Å². The molecule has 0 spiro atoms. The molecule has 0 N–H and O–H groups in total. The molecule has 0 atom stereocenters. The van der Waals surface area contributed by atoms with E-state index in [0.29, 0.717) is 3.57 Å². The lowest BCUT2D eigenvalue weighted by Crippen LogP contribution is -2.10. The summed E-state index contributed by atoms with van der Waals surface area (Å²) in [6, 6.07) is 12.5. The fraction of sp³-hybridized carbons (Fsp3) is 0. The fourth-order valence-electron chi connectivity index (χ4n) is 1.61. The van der Waals surface area contributed by atoms with Crippen LogP contribution in [0.5, 0.6) is 5.75 Å². The molecule has 6 nitrogen and oxygen atoms in total. The number of nitriles is 1.